The number of pyridine rings is 1. The summed E-state index contributed by atoms with van der Waals surface area (Å²) in [5.41, 5.74) is 1.77. The summed E-state index contributed by atoms with van der Waals surface area (Å²) in [7, 11) is 0. The fourth-order valence-corrected chi connectivity index (χ4v) is 4.36. The van der Waals surface area contributed by atoms with Crippen LogP contribution >= 0.6 is 22.9 Å². The molecular formula is C23H19ClN4O2S. The van der Waals surface area contributed by atoms with Gasteiger partial charge in [0, 0.05) is 35.9 Å². The number of carbonyl (C=O) groups is 2. The van der Waals surface area contributed by atoms with E-state index in [4.69, 9.17) is 11.6 Å². The van der Waals surface area contributed by atoms with Crippen molar-refractivity contribution in [2.75, 3.05) is 18.4 Å². The maximum absolute atomic E-state index is 12.4. The Labute approximate surface area is 189 Å². The molecule has 0 atom stereocenters. The standard InChI is InChI=1S/C23H19ClN4O2S/c24-20-8-7-18(14-25-20)26-22(30)19-15-31-23(27-19)17-10-12-28(13-11-17)21(29)9-6-16-4-2-1-3-5-16/h1-5,7-8,14-15,17H,10-13H2,(H,26,30). The van der Waals surface area contributed by atoms with Crippen LogP contribution in [0.1, 0.15) is 39.8 Å². The van der Waals surface area contributed by atoms with Gasteiger partial charge in [-0.3, -0.25) is 9.59 Å². The van der Waals surface area contributed by atoms with E-state index >= 15 is 0 Å². The zero-order valence-electron chi connectivity index (χ0n) is 16.5. The number of thiazole rings is 1. The van der Waals surface area contributed by atoms with Gasteiger partial charge in [-0.1, -0.05) is 35.7 Å². The lowest BCUT2D eigenvalue weighted by Gasteiger charge is -2.29. The summed E-state index contributed by atoms with van der Waals surface area (Å²) in [5, 5.41) is 5.81. The number of hydrogen-bond donors (Lipinski definition) is 1. The number of nitrogens with zero attached hydrogens (tertiary/aromatic N) is 3. The highest BCUT2D eigenvalue weighted by Crippen LogP contribution is 2.30. The molecule has 0 aliphatic carbocycles. The second-order valence-electron chi connectivity index (χ2n) is 7.08. The van der Waals surface area contributed by atoms with Crippen molar-refractivity contribution in [3.8, 4) is 11.8 Å². The zero-order chi connectivity index (χ0) is 21.6. The molecule has 0 bridgehead atoms. The summed E-state index contributed by atoms with van der Waals surface area (Å²) in [5.74, 6) is 5.44. The minimum atomic E-state index is -0.282. The van der Waals surface area contributed by atoms with E-state index in [0.717, 1.165) is 23.4 Å². The maximum atomic E-state index is 12.4. The Morgan fingerprint density at radius 2 is 1.90 bits per heavy atom. The van der Waals surface area contributed by atoms with Gasteiger partial charge in [0.2, 0.25) is 0 Å². The minimum absolute atomic E-state index is 0.155. The van der Waals surface area contributed by atoms with Gasteiger partial charge in [0.25, 0.3) is 11.8 Å². The molecular weight excluding hydrogens is 432 g/mol. The van der Waals surface area contributed by atoms with Gasteiger partial charge in [0.1, 0.15) is 10.8 Å². The summed E-state index contributed by atoms with van der Waals surface area (Å²) in [6.45, 7) is 1.26. The minimum Gasteiger partial charge on any atom is -0.332 e. The van der Waals surface area contributed by atoms with Gasteiger partial charge >= 0.3 is 0 Å². The van der Waals surface area contributed by atoms with E-state index in [1.807, 2.05) is 30.3 Å². The predicted molar refractivity (Wildman–Crippen MR) is 121 cm³/mol. The van der Waals surface area contributed by atoms with Crippen LogP contribution in [0.3, 0.4) is 0 Å². The first kappa shape index (κ1) is 21.0. The maximum Gasteiger partial charge on any atom is 0.298 e. The summed E-state index contributed by atoms with van der Waals surface area (Å²) < 4.78 is 0. The highest BCUT2D eigenvalue weighted by Gasteiger charge is 2.25. The van der Waals surface area contributed by atoms with Crippen LogP contribution in [-0.4, -0.2) is 39.8 Å². The second kappa shape index (κ2) is 9.73. The monoisotopic (exact) mass is 450 g/mol. The first-order valence-electron chi connectivity index (χ1n) is 9.83. The van der Waals surface area contributed by atoms with Crippen LogP contribution in [-0.2, 0) is 4.79 Å². The van der Waals surface area contributed by atoms with Gasteiger partial charge in [-0.15, -0.1) is 11.3 Å². The third-order valence-corrected chi connectivity index (χ3v) is 6.19. The number of halogens is 1. The second-order valence-corrected chi connectivity index (χ2v) is 8.35. The molecule has 1 aliphatic heterocycles. The van der Waals surface area contributed by atoms with Gasteiger partial charge in [-0.25, -0.2) is 9.97 Å². The fraction of sp³-hybridized carbons (Fsp3) is 0.217. The number of likely N-dealkylation sites (tertiary alicyclic amines) is 1. The van der Waals surface area contributed by atoms with Crippen LogP contribution < -0.4 is 5.32 Å². The van der Waals surface area contributed by atoms with Gasteiger partial charge in [0.15, 0.2) is 0 Å². The average molecular weight is 451 g/mol. The Hall–Kier alpha value is -3.21. The van der Waals surface area contributed by atoms with Crippen LogP contribution in [0.2, 0.25) is 5.15 Å². The van der Waals surface area contributed by atoms with Crippen molar-refractivity contribution >= 4 is 40.4 Å². The van der Waals surface area contributed by atoms with Crippen molar-refractivity contribution in [2.45, 2.75) is 18.8 Å². The normalized spacial score (nSPS) is 13.9. The van der Waals surface area contributed by atoms with Crippen molar-refractivity contribution < 1.29 is 9.59 Å². The summed E-state index contributed by atoms with van der Waals surface area (Å²) >= 11 is 7.24. The third kappa shape index (κ3) is 5.48. The van der Waals surface area contributed by atoms with Crippen molar-refractivity contribution in [3.05, 3.63) is 75.5 Å². The van der Waals surface area contributed by atoms with Crippen LogP contribution in [0.5, 0.6) is 0 Å². The van der Waals surface area contributed by atoms with Gasteiger partial charge < -0.3 is 10.2 Å². The summed E-state index contributed by atoms with van der Waals surface area (Å²) in [6.07, 6.45) is 3.10. The molecule has 2 amide bonds. The molecule has 3 aromatic rings. The molecule has 1 N–H and O–H groups in total. The highest BCUT2D eigenvalue weighted by molar-refractivity contribution is 7.10. The quantitative estimate of drug-likeness (QED) is 0.479. The molecule has 4 rings (SSSR count). The van der Waals surface area contributed by atoms with Crippen molar-refractivity contribution in [2.24, 2.45) is 0 Å². The number of anilines is 1. The lowest BCUT2D eigenvalue weighted by molar-refractivity contribution is -0.126. The van der Waals surface area contributed by atoms with Crippen LogP contribution in [0.15, 0.2) is 54.0 Å². The summed E-state index contributed by atoms with van der Waals surface area (Å²) in [4.78, 5) is 35.1. The zero-order valence-corrected chi connectivity index (χ0v) is 18.1. The van der Waals surface area contributed by atoms with E-state index in [2.05, 4.69) is 27.1 Å². The Kier molecular flexibility index (Phi) is 6.60. The highest BCUT2D eigenvalue weighted by atomic mass is 35.5. The largest absolute Gasteiger partial charge is 0.332 e. The fourth-order valence-electron chi connectivity index (χ4n) is 3.28. The SMILES string of the molecule is O=C(Nc1ccc(Cl)nc1)c1csc(C2CCN(C(=O)C#Cc3ccccc3)CC2)n1. The lowest BCUT2D eigenvalue weighted by atomic mass is 9.97. The molecule has 31 heavy (non-hydrogen) atoms. The Morgan fingerprint density at radius 1 is 1.13 bits per heavy atom. The van der Waals surface area contributed by atoms with Gasteiger partial charge in [-0.2, -0.15) is 0 Å². The molecule has 1 aromatic carbocycles. The van der Waals surface area contributed by atoms with Crippen molar-refractivity contribution in [3.63, 3.8) is 0 Å². The third-order valence-electron chi connectivity index (χ3n) is 4.96. The number of piperidine rings is 1. The Morgan fingerprint density at radius 3 is 2.61 bits per heavy atom. The van der Waals surface area contributed by atoms with E-state index in [-0.39, 0.29) is 17.7 Å². The van der Waals surface area contributed by atoms with Crippen LogP contribution in [0.4, 0.5) is 5.69 Å². The molecule has 6 nitrogen and oxygen atoms in total. The number of amides is 2. The Balaban J connectivity index is 1.31. The molecule has 0 spiro atoms. The van der Waals surface area contributed by atoms with Gasteiger partial charge in [0.05, 0.1) is 16.9 Å². The predicted octanol–water partition coefficient (Wildman–Crippen LogP) is 4.20. The molecule has 156 valence electrons. The summed E-state index contributed by atoms with van der Waals surface area (Å²) in [6, 6.07) is 12.8. The molecule has 1 saturated heterocycles. The average Bonchev–Trinajstić information content (AvgIpc) is 3.30. The van der Waals surface area contributed by atoms with Crippen LogP contribution in [0.25, 0.3) is 0 Å². The molecule has 8 heteroatoms. The number of carbonyl (C=O) groups excluding carboxylic acids is 2. The lowest BCUT2D eigenvalue weighted by Crippen LogP contribution is -2.37. The van der Waals surface area contributed by atoms with E-state index < -0.39 is 0 Å². The van der Waals surface area contributed by atoms with Gasteiger partial charge in [-0.05, 0) is 37.1 Å². The number of nitrogens with one attached hydrogen (secondary N) is 1. The Bertz CT molecular complexity index is 1130. The molecule has 0 radical (unpaired) electrons. The molecule has 1 aliphatic rings. The first-order chi connectivity index (χ1) is 15.1. The number of hydrogen-bond acceptors (Lipinski definition) is 5. The number of rotatable bonds is 3. The number of benzene rings is 1. The first-order valence-corrected chi connectivity index (χ1v) is 11.1. The van der Waals surface area contributed by atoms with E-state index in [1.165, 1.54) is 17.5 Å². The molecule has 0 saturated carbocycles. The topological polar surface area (TPSA) is 75.2 Å². The van der Waals surface area contributed by atoms with Crippen molar-refractivity contribution in [1.82, 2.24) is 14.9 Å². The van der Waals surface area contributed by atoms with E-state index in [1.54, 1.807) is 22.4 Å². The number of aromatic nitrogens is 2. The van der Waals surface area contributed by atoms with E-state index in [9.17, 15) is 9.59 Å². The van der Waals surface area contributed by atoms with Crippen LogP contribution in [0, 0.1) is 11.8 Å². The molecule has 0 unspecified atom stereocenters. The smallest absolute Gasteiger partial charge is 0.298 e. The van der Waals surface area contributed by atoms with Crippen molar-refractivity contribution in [1.29, 1.82) is 0 Å². The molecule has 3 heterocycles. The molecule has 1 fully saturated rings. The van der Waals surface area contributed by atoms with E-state index in [0.29, 0.717) is 29.6 Å². The molecule has 2 aromatic heterocycles.